The average molecular weight is 161 g/mol. The zero-order valence-electron chi connectivity index (χ0n) is 7.70. The number of hydrogen-bond donors (Lipinski definition) is 1. The van der Waals surface area contributed by atoms with E-state index in [4.69, 9.17) is 0 Å². The molecule has 0 aromatic heterocycles. The van der Waals surface area contributed by atoms with Crippen molar-refractivity contribution in [3.05, 3.63) is 0 Å². The number of hydrogen-bond acceptors (Lipinski definition) is 1. The second-order valence-corrected chi connectivity index (χ2v) is 3.25. The Morgan fingerprint density at radius 3 is 2.55 bits per heavy atom. The highest BCUT2D eigenvalue weighted by molar-refractivity contribution is 4.51. The van der Waals surface area contributed by atoms with Gasteiger partial charge in [-0.05, 0) is 12.3 Å². The van der Waals surface area contributed by atoms with E-state index in [0.717, 1.165) is 18.8 Å². The van der Waals surface area contributed by atoms with E-state index in [9.17, 15) is 4.48 Å². The predicted molar refractivity (Wildman–Crippen MR) is 47.0 cm³/mol. The first-order valence-electron chi connectivity index (χ1n) is 4.64. The lowest BCUT2D eigenvalue weighted by molar-refractivity contribution is 0.326. The maximum atomic E-state index is 11.4. The number of unbranched alkanes of at least 4 members (excludes halogenated alkanes) is 2. The molecule has 68 valence electrons. The van der Waals surface area contributed by atoms with Crippen molar-refractivity contribution in [1.29, 1.82) is 0 Å². The van der Waals surface area contributed by atoms with Crippen LogP contribution in [0.25, 0.3) is 0 Å². The molecule has 0 rings (SSSR count). The minimum absolute atomic E-state index is 0.514. The van der Waals surface area contributed by atoms with Gasteiger partial charge in [0.25, 0.3) is 0 Å². The van der Waals surface area contributed by atoms with E-state index in [0.29, 0.717) is 6.54 Å². The summed E-state index contributed by atoms with van der Waals surface area (Å²) in [6.45, 7) is 5.00. The average Bonchev–Trinajstić information content (AvgIpc) is 2.04. The first-order chi connectivity index (χ1) is 5.31. The SMILES string of the molecule is CCC(C)CCCCCNF. The maximum Gasteiger partial charge on any atom is 0.0259 e. The number of rotatable bonds is 7. The van der Waals surface area contributed by atoms with E-state index in [1.807, 2.05) is 0 Å². The van der Waals surface area contributed by atoms with Crippen LogP contribution in [0.3, 0.4) is 0 Å². The smallest absolute Gasteiger partial charge is 0.0259 e. The van der Waals surface area contributed by atoms with Gasteiger partial charge in [0, 0.05) is 6.54 Å². The fraction of sp³-hybridized carbons (Fsp3) is 1.00. The molecule has 1 nitrogen and oxygen atoms in total. The summed E-state index contributed by atoms with van der Waals surface area (Å²) in [6, 6.07) is 0. The van der Waals surface area contributed by atoms with Gasteiger partial charge in [0.1, 0.15) is 0 Å². The monoisotopic (exact) mass is 161 g/mol. The lowest BCUT2D eigenvalue weighted by Gasteiger charge is -2.06. The molecule has 0 spiro atoms. The molecule has 0 aliphatic rings. The van der Waals surface area contributed by atoms with Crippen LogP contribution in [0, 0.1) is 5.92 Å². The number of nitrogens with one attached hydrogen (secondary N) is 1. The van der Waals surface area contributed by atoms with Crippen LogP contribution in [-0.4, -0.2) is 6.54 Å². The van der Waals surface area contributed by atoms with Gasteiger partial charge < -0.3 is 0 Å². The summed E-state index contributed by atoms with van der Waals surface area (Å²) < 4.78 is 11.4. The van der Waals surface area contributed by atoms with Gasteiger partial charge in [-0.2, -0.15) is 5.54 Å². The first kappa shape index (κ1) is 10.9. The fourth-order valence-electron chi connectivity index (χ4n) is 1.07. The van der Waals surface area contributed by atoms with E-state index in [1.54, 1.807) is 5.54 Å². The van der Waals surface area contributed by atoms with Gasteiger partial charge in [0.15, 0.2) is 0 Å². The van der Waals surface area contributed by atoms with Gasteiger partial charge >= 0.3 is 0 Å². The summed E-state index contributed by atoms with van der Waals surface area (Å²) in [5.41, 5.74) is 1.67. The molecule has 0 aliphatic heterocycles. The Kier molecular flexibility index (Phi) is 7.91. The lowest BCUT2D eigenvalue weighted by atomic mass is 10.0. The van der Waals surface area contributed by atoms with Gasteiger partial charge in [-0.25, -0.2) is 0 Å². The summed E-state index contributed by atoms with van der Waals surface area (Å²) in [6.07, 6.45) is 5.93. The third-order valence-corrected chi connectivity index (χ3v) is 2.17. The Morgan fingerprint density at radius 2 is 2.00 bits per heavy atom. The van der Waals surface area contributed by atoms with Gasteiger partial charge in [0.05, 0.1) is 0 Å². The molecule has 0 bridgehead atoms. The maximum absolute atomic E-state index is 11.4. The van der Waals surface area contributed by atoms with E-state index in [-0.39, 0.29) is 0 Å². The Labute approximate surface area is 69.3 Å². The summed E-state index contributed by atoms with van der Waals surface area (Å²) in [5, 5.41) is 0. The third-order valence-electron chi connectivity index (χ3n) is 2.17. The summed E-state index contributed by atoms with van der Waals surface area (Å²) in [7, 11) is 0. The molecule has 1 atom stereocenters. The molecule has 0 amide bonds. The standard InChI is InChI=1S/C9H20FN/c1-3-9(2)7-5-4-6-8-11-10/h9,11H,3-8H2,1-2H3. The van der Waals surface area contributed by atoms with E-state index in [1.165, 1.54) is 19.3 Å². The Bertz CT molecular complexity index is 76.0. The Hall–Kier alpha value is -0.110. The molecule has 0 aliphatic carbocycles. The predicted octanol–water partition coefficient (Wildman–Crippen LogP) is 3.07. The van der Waals surface area contributed by atoms with Crippen molar-refractivity contribution >= 4 is 0 Å². The Balaban J connectivity index is 2.89. The van der Waals surface area contributed by atoms with Crippen molar-refractivity contribution in [3.63, 3.8) is 0 Å². The molecule has 11 heavy (non-hydrogen) atoms. The second-order valence-electron chi connectivity index (χ2n) is 3.25. The highest BCUT2D eigenvalue weighted by Gasteiger charge is 1.97. The molecule has 0 radical (unpaired) electrons. The van der Waals surface area contributed by atoms with Crippen LogP contribution in [-0.2, 0) is 0 Å². The summed E-state index contributed by atoms with van der Waals surface area (Å²) in [4.78, 5) is 0. The fourth-order valence-corrected chi connectivity index (χ4v) is 1.07. The minimum atomic E-state index is 0.514. The zero-order chi connectivity index (χ0) is 8.53. The molecule has 0 heterocycles. The van der Waals surface area contributed by atoms with Crippen molar-refractivity contribution in [3.8, 4) is 0 Å². The van der Waals surface area contributed by atoms with Crippen LogP contribution in [0.4, 0.5) is 4.48 Å². The highest BCUT2D eigenvalue weighted by Crippen LogP contribution is 2.11. The van der Waals surface area contributed by atoms with Gasteiger partial charge in [-0.15, -0.1) is 4.48 Å². The number of halogens is 1. The van der Waals surface area contributed by atoms with Gasteiger partial charge in [-0.3, -0.25) is 0 Å². The van der Waals surface area contributed by atoms with Crippen LogP contribution >= 0.6 is 0 Å². The quantitative estimate of drug-likeness (QED) is 0.447. The molecular weight excluding hydrogens is 141 g/mol. The molecule has 1 unspecified atom stereocenters. The van der Waals surface area contributed by atoms with E-state index >= 15 is 0 Å². The molecule has 0 fully saturated rings. The highest BCUT2D eigenvalue weighted by atomic mass is 19.2. The van der Waals surface area contributed by atoms with Crippen molar-refractivity contribution in [2.45, 2.75) is 46.0 Å². The molecule has 0 aromatic carbocycles. The second kappa shape index (κ2) is 7.99. The van der Waals surface area contributed by atoms with Crippen molar-refractivity contribution < 1.29 is 4.48 Å². The van der Waals surface area contributed by atoms with Gasteiger partial charge in [-0.1, -0.05) is 39.5 Å². The molecule has 0 saturated carbocycles. The molecule has 0 aromatic rings. The largest absolute Gasteiger partial charge is 0.159 e. The molecular formula is C9H20FN. The van der Waals surface area contributed by atoms with Crippen LogP contribution in [0.2, 0.25) is 0 Å². The zero-order valence-corrected chi connectivity index (χ0v) is 7.70. The molecule has 1 N–H and O–H groups in total. The van der Waals surface area contributed by atoms with E-state index in [2.05, 4.69) is 13.8 Å². The summed E-state index contributed by atoms with van der Waals surface area (Å²) in [5.74, 6) is 0.841. The van der Waals surface area contributed by atoms with E-state index < -0.39 is 0 Å². The van der Waals surface area contributed by atoms with Crippen molar-refractivity contribution in [1.82, 2.24) is 5.54 Å². The van der Waals surface area contributed by atoms with Crippen LogP contribution in [0.5, 0.6) is 0 Å². The van der Waals surface area contributed by atoms with Crippen molar-refractivity contribution in [2.24, 2.45) is 5.92 Å². The van der Waals surface area contributed by atoms with Crippen LogP contribution in [0.1, 0.15) is 46.0 Å². The van der Waals surface area contributed by atoms with Crippen LogP contribution in [0.15, 0.2) is 0 Å². The molecule has 2 heteroatoms. The normalized spacial score (nSPS) is 13.4. The molecule has 0 saturated heterocycles. The Morgan fingerprint density at radius 1 is 1.27 bits per heavy atom. The van der Waals surface area contributed by atoms with Crippen molar-refractivity contribution in [2.75, 3.05) is 6.54 Å². The first-order valence-corrected chi connectivity index (χ1v) is 4.64. The van der Waals surface area contributed by atoms with Crippen LogP contribution < -0.4 is 5.54 Å². The minimum Gasteiger partial charge on any atom is -0.159 e. The van der Waals surface area contributed by atoms with Gasteiger partial charge in [0.2, 0.25) is 0 Å². The topological polar surface area (TPSA) is 12.0 Å². The lowest BCUT2D eigenvalue weighted by Crippen LogP contribution is -2.02. The third kappa shape index (κ3) is 7.79. The summed E-state index contributed by atoms with van der Waals surface area (Å²) >= 11 is 0.